The van der Waals surface area contributed by atoms with Crippen molar-refractivity contribution < 1.29 is 0 Å². The highest BCUT2D eigenvalue weighted by atomic mass is 32.1. The fourth-order valence-electron chi connectivity index (χ4n) is 2.28. The third-order valence-corrected chi connectivity index (χ3v) is 4.05. The first kappa shape index (κ1) is 14.0. The van der Waals surface area contributed by atoms with Crippen molar-refractivity contribution in [1.29, 1.82) is 0 Å². The van der Waals surface area contributed by atoms with Gasteiger partial charge in [-0.15, -0.1) is 11.3 Å². The summed E-state index contributed by atoms with van der Waals surface area (Å²) in [6.07, 6.45) is 3.99. The second-order valence-corrected chi connectivity index (χ2v) is 6.21. The minimum Gasteiger partial charge on any atom is -0.282 e. The van der Waals surface area contributed by atoms with Crippen molar-refractivity contribution in [2.75, 3.05) is 7.05 Å². The Hall–Kier alpha value is -1.98. The average molecular weight is 298 g/mol. The van der Waals surface area contributed by atoms with Crippen LogP contribution in [0.3, 0.4) is 0 Å². The van der Waals surface area contributed by atoms with Gasteiger partial charge >= 0.3 is 0 Å². The van der Waals surface area contributed by atoms with Gasteiger partial charge in [0.05, 0.1) is 23.6 Å². The lowest BCUT2D eigenvalue weighted by molar-refractivity contribution is 0.244. The standard InChI is InChI=1S/C16H18N4S/c1-13-18-16(11-21-13)10-19(2)12-20-9-15(8-17-20)14-6-4-3-5-7-14/h3-9,11H,10,12H2,1-2H3. The molecule has 0 fully saturated rings. The Kier molecular flexibility index (Phi) is 4.13. The summed E-state index contributed by atoms with van der Waals surface area (Å²) in [6.45, 7) is 3.63. The van der Waals surface area contributed by atoms with Crippen molar-refractivity contribution >= 4 is 11.3 Å². The highest BCUT2D eigenvalue weighted by molar-refractivity contribution is 7.09. The van der Waals surface area contributed by atoms with Crippen LogP contribution in [0.15, 0.2) is 48.1 Å². The summed E-state index contributed by atoms with van der Waals surface area (Å²) < 4.78 is 1.96. The van der Waals surface area contributed by atoms with Crippen LogP contribution in [-0.2, 0) is 13.2 Å². The average Bonchev–Trinajstić information content (AvgIpc) is 3.09. The van der Waals surface area contributed by atoms with E-state index in [1.807, 2.05) is 36.0 Å². The second kappa shape index (κ2) is 6.20. The number of hydrogen-bond acceptors (Lipinski definition) is 4. The van der Waals surface area contributed by atoms with Crippen molar-refractivity contribution in [2.45, 2.75) is 20.1 Å². The quantitative estimate of drug-likeness (QED) is 0.724. The van der Waals surface area contributed by atoms with Crippen molar-refractivity contribution in [3.05, 3.63) is 58.8 Å². The highest BCUT2D eigenvalue weighted by Crippen LogP contribution is 2.17. The molecular formula is C16H18N4S. The first-order valence-corrected chi connectivity index (χ1v) is 7.76. The smallest absolute Gasteiger partial charge is 0.0929 e. The fourth-order valence-corrected chi connectivity index (χ4v) is 2.88. The molecule has 108 valence electrons. The molecule has 0 saturated carbocycles. The molecule has 0 spiro atoms. The van der Waals surface area contributed by atoms with E-state index in [0.29, 0.717) is 0 Å². The molecule has 21 heavy (non-hydrogen) atoms. The van der Waals surface area contributed by atoms with Gasteiger partial charge in [-0.1, -0.05) is 30.3 Å². The number of rotatable bonds is 5. The van der Waals surface area contributed by atoms with Gasteiger partial charge in [0, 0.05) is 23.7 Å². The minimum atomic E-state index is 0.753. The Morgan fingerprint density at radius 1 is 1.19 bits per heavy atom. The van der Waals surface area contributed by atoms with E-state index < -0.39 is 0 Å². The van der Waals surface area contributed by atoms with Gasteiger partial charge in [0.15, 0.2) is 0 Å². The zero-order chi connectivity index (χ0) is 14.7. The van der Waals surface area contributed by atoms with Gasteiger partial charge in [-0.05, 0) is 19.5 Å². The van der Waals surface area contributed by atoms with Crippen LogP contribution in [-0.4, -0.2) is 26.7 Å². The molecule has 0 amide bonds. The van der Waals surface area contributed by atoms with Gasteiger partial charge < -0.3 is 0 Å². The molecule has 0 N–H and O–H groups in total. The van der Waals surface area contributed by atoms with Crippen LogP contribution in [0.5, 0.6) is 0 Å². The second-order valence-electron chi connectivity index (χ2n) is 5.15. The SMILES string of the molecule is Cc1nc(CN(C)Cn2cc(-c3ccccc3)cn2)cs1. The molecule has 0 aliphatic heterocycles. The van der Waals surface area contributed by atoms with E-state index in [2.05, 4.69) is 45.7 Å². The van der Waals surface area contributed by atoms with Crippen molar-refractivity contribution in [3.63, 3.8) is 0 Å². The Morgan fingerprint density at radius 2 is 2.00 bits per heavy atom. The largest absolute Gasteiger partial charge is 0.282 e. The summed E-state index contributed by atoms with van der Waals surface area (Å²) in [6, 6.07) is 10.3. The fraction of sp³-hybridized carbons (Fsp3) is 0.250. The Bertz CT molecular complexity index is 702. The molecule has 0 saturated heterocycles. The van der Waals surface area contributed by atoms with E-state index in [0.717, 1.165) is 29.5 Å². The summed E-state index contributed by atoms with van der Waals surface area (Å²) in [7, 11) is 2.08. The molecule has 4 nitrogen and oxygen atoms in total. The molecule has 3 rings (SSSR count). The predicted octanol–water partition coefficient (Wildman–Crippen LogP) is 3.40. The van der Waals surface area contributed by atoms with E-state index in [-0.39, 0.29) is 0 Å². The number of hydrogen-bond donors (Lipinski definition) is 0. The van der Waals surface area contributed by atoms with Gasteiger partial charge in [-0.25, -0.2) is 4.98 Å². The van der Waals surface area contributed by atoms with E-state index in [4.69, 9.17) is 0 Å². The summed E-state index contributed by atoms with van der Waals surface area (Å²) in [5.74, 6) is 0. The topological polar surface area (TPSA) is 34.0 Å². The van der Waals surface area contributed by atoms with E-state index in [9.17, 15) is 0 Å². The highest BCUT2D eigenvalue weighted by Gasteiger charge is 2.06. The lowest BCUT2D eigenvalue weighted by Gasteiger charge is -2.14. The van der Waals surface area contributed by atoms with Crippen LogP contribution in [0.1, 0.15) is 10.7 Å². The number of nitrogens with zero attached hydrogens (tertiary/aromatic N) is 4. The third-order valence-electron chi connectivity index (χ3n) is 3.23. The maximum atomic E-state index is 4.49. The number of thiazole rings is 1. The molecule has 1 aromatic carbocycles. The van der Waals surface area contributed by atoms with E-state index in [1.165, 1.54) is 5.56 Å². The zero-order valence-corrected chi connectivity index (χ0v) is 13.0. The molecule has 2 heterocycles. The normalized spacial score (nSPS) is 11.2. The van der Waals surface area contributed by atoms with Gasteiger partial charge in [-0.3, -0.25) is 9.58 Å². The Balaban J connectivity index is 1.64. The first-order valence-electron chi connectivity index (χ1n) is 6.88. The summed E-state index contributed by atoms with van der Waals surface area (Å²) in [4.78, 5) is 6.70. The van der Waals surface area contributed by atoms with E-state index in [1.54, 1.807) is 11.3 Å². The Morgan fingerprint density at radius 3 is 2.71 bits per heavy atom. The maximum Gasteiger partial charge on any atom is 0.0929 e. The number of aromatic nitrogens is 3. The maximum absolute atomic E-state index is 4.49. The van der Waals surface area contributed by atoms with Gasteiger partial charge in [0.1, 0.15) is 0 Å². The predicted molar refractivity (Wildman–Crippen MR) is 86.0 cm³/mol. The monoisotopic (exact) mass is 298 g/mol. The van der Waals surface area contributed by atoms with Crippen molar-refractivity contribution in [1.82, 2.24) is 19.7 Å². The van der Waals surface area contributed by atoms with Crippen molar-refractivity contribution in [2.24, 2.45) is 0 Å². The van der Waals surface area contributed by atoms with Crippen LogP contribution in [0.25, 0.3) is 11.1 Å². The summed E-state index contributed by atoms with van der Waals surface area (Å²) >= 11 is 1.69. The Labute approximate surface area is 128 Å². The molecule has 5 heteroatoms. The third kappa shape index (κ3) is 3.56. The zero-order valence-electron chi connectivity index (χ0n) is 12.2. The molecule has 0 bridgehead atoms. The van der Waals surface area contributed by atoms with Gasteiger partial charge in [0.25, 0.3) is 0 Å². The van der Waals surface area contributed by atoms with Crippen molar-refractivity contribution in [3.8, 4) is 11.1 Å². The van der Waals surface area contributed by atoms with Crippen LogP contribution < -0.4 is 0 Å². The first-order chi connectivity index (χ1) is 10.2. The van der Waals surface area contributed by atoms with Gasteiger partial charge in [0.2, 0.25) is 0 Å². The van der Waals surface area contributed by atoms with Crippen LogP contribution in [0.2, 0.25) is 0 Å². The molecule has 0 aliphatic rings. The molecule has 0 radical (unpaired) electrons. The van der Waals surface area contributed by atoms with Crippen LogP contribution in [0.4, 0.5) is 0 Å². The summed E-state index contributed by atoms with van der Waals surface area (Å²) in [5.41, 5.74) is 3.46. The lowest BCUT2D eigenvalue weighted by Crippen LogP contribution is -2.22. The summed E-state index contributed by atoms with van der Waals surface area (Å²) in [5, 5.41) is 7.67. The number of aryl methyl sites for hydroxylation is 1. The van der Waals surface area contributed by atoms with Crippen LogP contribution >= 0.6 is 11.3 Å². The van der Waals surface area contributed by atoms with E-state index >= 15 is 0 Å². The molecule has 0 aliphatic carbocycles. The molecule has 2 aromatic heterocycles. The molecular weight excluding hydrogens is 280 g/mol. The number of benzene rings is 1. The van der Waals surface area contributed by atoms with Gasteiger partial charge in [-0.2, -0.15) is 5.10 Å². The molecule has 0 unspecified atom stereocenters. The lowest BCUT2D eigenvalue weighted by atomic mass is 10.1. The molecule has 3 aromatic rings. The van der Waals surface area contributed by atoms with Crippen LogP contribution in [0, 0.1) is 6.92 Å². The minimum absolute atomic E-state index is 0.753. The molecule has 0 atom stereocenters.